The number of aromatic hydroxyl groups is 1. The van der Waals surface area contributed by atoms with Crippen LogP contribution in [0.1, 0.15) is 29.8 Å². The van der Waals surface area contributed by atoms with E-state index < -0.39 is 10.1 Å². The molecule has 2 amide bonds. The van der Waals surface area contributed by atoms with Crippen molar-refractivity contribution in [1.82, 2.24) is 10.6 Å². The number of carbonyl (C=O) groups excluding carboxylic acids is 2. The Morgan fingerprint density at radius 2 is 1.52 bits per heavy atom. The van der Waals surface area contributed by atoms with Gasteiger partial charge in [-0.25, -0.2) is 0 Å². The fourth-order valence-electron chi connectivity index (χ4n) is 2.02. The zero-order valence-electron chi connectivity index (χ0n) is 16.3. The molecule has 4 N–H and O–H groups in total. The summed E-state index contributed by atoms with van der Waals surface area (Å²) in [4.78, 5) is 24.7. The molecule has 0 radical (unpaired) electrons. The zero-order valence-corrected chi connectivity index (χ0v) is 17.1. The lowest BCUT2D eigenvalue weighted by Crippen LogP contribution is -2.38. The number of benzene rings is 2. The lowest BCUT2D eigenvalue weighted by molar-refractivity contribution is -0.118. The van der Waals surface area contributed by atoms with Gasteiger partial charge in [-0.15, -0.1) is 0 Å². The van der Waals surface area contributed by atoms with E-state index in [9.17, 15) is 23.1 Å². The highest BCUT2D eigenvalue weighted by molar-refractivity contribution is 7.85. The van der Waals surface area contributed by atoms with Gasteiger partial charge in [-0.3, -0.25) is 14.1 Å². The Kier molecular flexibility index (Phi) is 9.04. The summed E-state index contributed by atoms with van der Waals surface area (Å²) >= 11 is 0. The number of nitrogens with one attached hydrogen (secondary N) is 2. The average Bonchev–Trinajstić information content (AvgIpc) is 2.61. The normalized spacial score (nSPS) is 11.3. The molecule has 0 saturated heterocycles. The molecule has 9 heteroatoms. The maximum Gasteiger partial charge on any atom is 0.268 e. The van der Waals surface area contributed by atoms with E-state index in [-0.39, 0.29) is 29.3 Å². The lowest BCUT2D eigenvalue weighted by Gasteiger charge is -2.13. The van der Waals surface area contributed by atoms with E-state index in [1.54, 1.807) is 42.5 Å². The van der Waals surface area contributed by atoms with Crippen molar-refractivity contribution < 1.29 is 27.7 Å². The lowest BCUT2D eigenvalue weighted by atomic mass is 10.1. The topological polar surface area (TPSA) is 133 Å². The molecule has 156 valence electrons. The number of phenolic OH excluding ortho intramolecular Hbond substituents is 1. The van der Waals surface area contributed by atoms with Gasteiger partial charge in [0.1, 0.15) is 11.4 Å². The van der Waals surface area contributed by atoms with Gasteiger partial charge in [-0.05, 0) is 49.8 Å². The standard InChI is InChI=1S/C19H20N2O3.CH4O3S/c1-13(2)20-19(24)17(12-14-8-10-16(22)11-9-14)21-18(23)15-6-4-3-5-7-15;1-5(2,3)4/h3-13,22H,1-2H3,(H,20,24)(H,21,23);1H3,(H,2,3,4)/b17-12-;. The Labute approximate surface area is 170 Å². The van der Waals surface area contributed by atoms with Crippen molar-refractivity contribution >= 4 is 28.0 Å². The average molecular weight is 420 g/mol. The summed E-state index contributed by atoms with van der Waals surface area (Å²) in [6.07, 6.45) is 2.28. The van der Waals surface area contributed by atoms with Crippen molar-refractivity contribution in [1.29, 1.82) is 0 Å². The fraction of sp³-hybridized carbons (Fsp3) is 0.200. The highest BCUT2D eigenvalue weighted by Crippen LogP contribution is 2.13. The molecular weight excluding hydrogens is 396 g/mol. The number of rotatable bonds is 5. The number of hydrogen-bond acceptors (Lipinski definition) is 5. The van der Waals surface area contributed by atoms with E-state index in [4.69, 9.17) is 4.55 Å². The minimum atomic E-state index is -3.67. The SMILES string of the molecule is CC(C)NC(=O)/C(=C/c1ccc(O)cc1)NC(=O)c1ccccc1.CS(=O)(=O)O. The van der Waals surface area contributed by atoms with Crippen LogP contribution < -0.4 is 10.6 Å². The van der Waals surface area contributed by atoms with Crippen molar-refractivity contribution in [3.63, 3.8) is 0 Å². The van der Waals surface area contributed by atoms with Crippen LogP contribution in [0.3, 0.4) is 0 Å². The second-order valence-corrected chi connectivity index (χ2v) is 7.80. The van der Waals surface area contributed by atoms with Gasteiger partial charge in [0.2, 0.25) is 0 Å². The van der Waals surface area contributed by atoms with E-state index >= 15 is 0 Å². The molecule has 0 aromatic heterocycles. The van der Waals surface area contributed by atoms with Gasteiger partial charge in [0.25, 0.3) is 21.9 Å². The largest absolute Gasteiger partial charge is 0.508 e. The summed E-state index contributed by atoms with van der Waals surface area (Å²) in [6, 6.07) is 15.0. The van der Waals surface area contributed by atoms with Gasteiger partial charge >= 0.3 is 0 Å². The van der Waals surface area contributed by atoms with E-state index in [2.05, 4.69) is 10.6 Å². The summed E-state index contributed by atoms with van der Waals surface area (Å²) in [5.41, 5.74) is 1.30. The summed E-state index contributed by atoms with van der Waals surface area (Å²) in [6.45, 7) is 3.68. The first-order chi connectivity index (χ1) is 13.5. The molecule has 2 aromatic rings. The van der Waals surface area contributed by atoms with Crippen molar-refractivity contribution in [2.24, 2.45) is 0 Å². The first-order valence-electron chi connectivity index (χ1n) is 8.56. The van der Waals surface area contributed by atoms with Crippen LogP contribution in [-0.2, 0) is 14.9 Å². The molecule has 0 fully saturated rings. The van der Waals surface area contributed by atoms with Gasteiger partial charge < -0.3 is 15.7 Å². The first-order valence-corrected chi connectivity index (χ1v) is 10.4. The third kappa shape index (κ3) is 10.7. The van der Waals surface area contributed by atoms with Crippen LogP contribution >= 0.6 is 0 Å². The smallest absolute Gasteiger partial charge is 0.268 e. The molecule has 0 aliphatic rings. The Morgan fingerprint density at radius 1 is 1.00 bits per heavy atom. The number of phenols is 1. The Balaban J connectivity index is 0.000000749. The molecule has 0 heterocycles. The Bertz CT molecular complexity index is 944. The van der Waals surface area contributed by atoms with Gasteiger partial charge in [-0.1, -0.05) is 30.3 Å². The summed E-state index contributed by atoms with van der Waals surface area (Å²) in [7, 11) is -3.67. The predicted octanol–water partition coefficient (Wildman–Crippen LogP) is 2.19. The van der Waals surface area contributed by atoms with E-state index in [1.165, 1.54) is 12.1 Å². The molecule has 0 atom stereocenters. The fourth-order valence-corrected chi connectivity index (χ4v) is 2.02. The van der Waals surface area contributed by atoms with E-state index in [1.807, 2.05) is 19.9 Å². The van der Waals surface area contributed by atoms with Crippen LogP contribution in [0.2, 0.25) is 0 Å². The molecule has 0 saturated carbocycles. The second kappa shape index (κ2) is 11.0. The second-order valence-electron chi connectivity index (χ2n) is 6.33. The van der Waals surface area contributed by atoms with Crippen molar-refractivity contribution in [2.75, 3.05) is 6.26 Å². The number of carbonyl (C=O) groups is 2. The van der Waals surface area contributed by atoms with Gasteiger partial charge in [-0.2, -0.15) is 8.42 Å². The predicted molar refractivity (Wildman–Crippen MR) is 111 cm³/mol. The zero-order chi connectivity index (χ0) is 22.0. The first kappa shape index (κ1) is 23.9. The van der Waals surface area contributed by atoms with Crippen LogP contribution in [0.4, 0.5) is 0 Å². The highest BCUT2D eigenvalue weighted by atomic mass is 32.2. The molecule has 2 aromatic carbocycles. The van der Waals surface area contributed by atoms with Crippen LogP contribution in [0, 0.1) is 0 Å². The van der Waals surface area contributed by atoms with E-state index in [0.717, 1.165) is 0 Å². The minimum absolute atomic E-state index is 0.0608. The monoisotopic (exact) mass is 420 g/mol. The van der Waals surface area contributed by atoms with Crippen molar-refractivity contribution in [3.8, 4) is 5.75 Å². The van der Waals surface area contributed by atoms with Crippen LogP contribution in [0.25, 0.3) is 6.08 Å². The molecule has 0 bridgehead atoms. The van der Waals surface area contributed by atoms with Gasteiger partial charge in [0, 0.05) is 11.6 Å². The number of amides is 2. The molecule has 0 spiro atoms. The molecule has 2 rings (SSSR count). The molecule has 0 aliphatic carbocycles. The van der Waals surface area contributed by atoms with Crippen molar-refractivity contribution in [3.05, 3.63) is 71.4 Å². The van der Waals surface area contributed by atoms with Crippen LogP contribution in [0.15, 0.2) is 60.3 Å². The minimum Gasteiger partial charge on any atom is -0.508 e. The van der Waals surface area contributed by atoms with Crippen LogP contribution in [0.5, 0.6) is 5.75 Å². The van der Waals surface area contributed by atoms with Gasteiger partial charge in [0.15, 0.2) is 0 Å². The highest BCUT2D eigenvalue weighted by Gasteiger charge is 2.15. The quantitative estimate of drug-likeness (QED) is 0.433. The third-order valence-electron chi connectivity index (χ3n) is 3.15. The maximum atomic E-state index is 12.3. The summed E-state index contributed by atoms with van der Waals surface area (Å²) in [5, 5.41) is 14.8. The Hall–Kier alpha value is -3.17. The molecule has 0 unspecified atom stereocenters. The third-order valence-corrected chi connectivity index (χ3v) is 3.15. The number of hydrogen-bond donors (Lipinski definition) is 4. The maximum absolute atomic E-state index is 12.3. The molecule has 8 nitrogen and oxygen atoms in total. The van der Waals surface area contributed by atoms with Gasteiger partial charge in [0.05, 0.1) is 6.26 Å². The summed E-state index contributed by atoms with van der Waals surface area (Å²) < 4.78 is 25.9. The van der Waals surface area contributed by atoms with Crippen molar-refractivity contribution in [2.45, 2.75) is 19.9 Å². The van der Waals surface area contributed by atoms with Crippen LogP contribution in [-0.4, -0.2) is 42.2 Å². The summed E-state index contributed by atoms with van der Waals surface area (Å²) in [5.74, 6) is -0.601. The molecular formula is C20H24N2O6S. The molecule has 29 heavy (non-hydrogen) atoms. The Morgan fingerprint density at radius 3 is 2.00 bits per heavy atom. The molecule has 0 aliphatic heterocycles. The van der Waals surface area contributed by atoms with E-state index in [0.29, 0.717) is 17.4 Å².